The van der Waals surface area contributed by atoms with E-state index >= 15 is 0 Å². The Bertz CT molecular complexity index is 429. The molecule has 0 bridgehead atoms. The van der Waals surface area contributed by atoms with Gasteiger partial charge in [-0.15, -0.1) is 0 Å². The van der Waals surface area contributed by atoms with E-state index in [0.29, 0.717) is 24.6 Å². The molecule has 0 aromatic heterocycles. The Labute approximate surface area is 101 Å². The minimum Gasteiger partial charge on any atom is -0.385 e. The van der Waals surface area contributed by atoms with E-state index < -0.39 is 0 Å². The number of carbonyl (C=O) groups is 1. The van der Waals surface area contributed by atoms with Crippen LogP contribution in [0.2, 0.25) is 0 Å². The highest BCUT2D eigenvalue weighted by atomic mass is 16.1. The van der Waals surface area contributed by atoms with Gasteiger partial charge in [0.15, 0.2) is 0 Å². The van der Waals surface area contributed by atoms with Crippen LogP contribution in [0.25, 0.3) is 0 Å². The van der Waals surface area contributed by atoms with Crippen molar-refractivity contribution >= 4 is 11.6 Å². The van der Waals surface area contributed by atoms with Gasteiger partial charge in [-0.25, -0.2) is 0 Å². The quantitative estimate of drug-likeness (QED) is 0.806. The van der Waals surface area contributed by atoms with Gasteiger partial charge in [0.2, 0.25) is 5.91 Å². The Morgan fingerprint density at radius 3 is 2.65 bits per heavy atom. The van der Waals surface area contributed by atoms with Gasteiger partial charge < -0.3 is 10.6 Å². The number of carbonyl (C=O) groups excluding carboxylic acids is 1. The van der Waals surface area contributed by atoms with Crippen LogP contribution in [-0.2, 0) is 4.79 Å². The molecule has 0 unspecified atom stereocenters. The molecule has 4 nitrogen and oxygen atoms in total. The number of hydrogen-bond donors (Lipinski definition) is 2. The van der Waals surface area contributed by atoms with Gasteiger partial charge in [-0.3, -0.25) is 4.79 Å². The molecule has 1 saturated carbocycles. The number of hydrogen-bond acceptors (Lipinski definition) is 3. The molecule has 0 atom stereocenters. The number of nitriles is 1. The summed E-state index contributed by atoms with van der Waals surface area (Å²) in [6.45, 7) is 0.616. The average Bonchev–Trinajstić information content (AvgIpc) is 3.14. The van der Waals surface area contributed by atoms with Crippen LogP contribution >= 0.6 is 0 Å². The first-order valence-corrected chi connectivity index (χ1v) is 5.81. The molecule has 88 valence electrons. The summed E-state index contributed by atoms with van der Waals surface area (Å²) in [7, 11) is 0. The van der Waals surface area contributed by atoms with Crippen molar-refractivity contribution in [2.75, 3.05) is 11.9 Å². The zero-order valence-corrected chi connectivity index (χ0v) is 9.57. The lowest BCUT2D eigenvalue weighted by Crippen LogP contribution is -2.27. The maximum Gasteiger partial charge on any atom is 0.221 e. The van der Waals surface area contributed by atoms with Crippen molar-refractivity contribution in [1.82, 2.24) is 5.32 Å². The SMILES string of the molecule is N#Cc1ccc(NCCC(=O)NC2CC2)cc1. The topological polar surface area (TPSA) is 64.9 Å². The number of rotatable bonds is 5. The molecule has 0 saturated heterocycles. The second-order valence-corrected chi connectivity index (χ2v) is 4.21. The second kappa shape index (κ2) is 5.35. The molecule has 1 fully saturated rings. The van der Waals surface area contributed by atoms with Crippen LogP contribution in [-0.4, -0.2) is 18.5 Å². The molecule has 1 aliphatic carbocycles. The molecule has 2 rings (SSSR count). The first-order chi connectivity index (χ1) is 8.28. The fourth-order valence-electron chi connectivity index (χ4n) is 1.51. The molecular weight excluding hydrogens is 214 g/mol. The van der Waals surface area contributed by atoms with Crippen molar-refractivity contribution in [2.24, 2.45) is 0 Å². The summed E-state index contributed by atoms with van der Waals surface area (Å²) in [5, 5.41) is 14.7. The highest BCUT2D eigenvalue weighted by molar-refractivity contribution is 5.77. The number of benzene rings is 1. The number of nitrogens with zero attached hydrogens (tertiary/aromatic N) is 1. The molecule has 4 heteroatoms. The number of nitrogens with one attached hydrogen (secondary N) is 2. The Kier molecular flexibility index (Phi) is 3.61. The number of anilines is 1. The third kappa shape index (κ3) is 3.80. The summed E-state index contributed by atoms with van der Waals surface area (Å²) in [5.74, 6) is 0.105. The highest BCUT2D eigenvalue weighted by Gasteiger charge is 2.22. The molecule has 2 N–H and O–H groups in total. The van der Waals surface area contributed by atoms with Crippen molar-refractivity contribution in [3.63, 3.8) is 0 Å². The predicted octanol–water partition coefficient (Wildman–Crippen LogP) is 1.64. The van der Waals surface area contributed by atoms with Gasteiger partial charge in [-0.2, -0.15) is 5.26 Å². The third-order valence-corrected chi connectivity index (χ3v) is 2.64. The first-order valence-electron chi connectivity index (χ1n) is 5.81. The summed E-state index contributed by atoms with van der Waals surface area (Å²) in [4.78, 5) is 11.4. The van der Waals surface area contributed by atoms with Crippen molar-refractivity contribution in [3.8, 4) is 6.07 Å². The van der Waals surface area contributed by atoms with Crippen LogP contribution in [0.3, 0.4) is 0 Å². The van der Waals surface area contributed by atoms with Crippen LogP contribution in [0.5, 0.6) is 0 Å². The predicted molar refractivity (Wildman–Crippen MR) is 65.4 cm³/mol. The fourth-order valence-corrected chi connectivity index (χ4v) is 1.51. The zero-order chi connectivity index (χ0) is 12.1. The third-order valence-electron chi connectivity index (χ3n) is 2.64. The molecule has 0 heterocycles. The van der Waals surface area contributed by atoms with E-state index in [1.807, 2.05) is 12.1 Å². The highest BCUT2D eigenvalue weighted by Crippen LogP contribution is 2.18. The molecule has 1 aromatic carbocycles. The Morgan fingerprint density at radius 1 is 1.35 bits per heavy atom. The molecule has 1 aromatic rings. The van der Waals surface area contributed by atoms with Crippen molar-refractivity contribution in [2.45, 2.75) is 25.3 Å². The minimum absolute atomic E-state index is 0.105. The monoisotopic (exact) mass is 229 g/mol. The molecule has 0 spiro atoms. The first kappa shape index (κ1) is 11.5. The molecule has 0 aliphatic heterocycles. The maximum atomic E-state index is 11.4. The summed E-state index contributed by atoms with van der Waals surface area (Å²) in [5.41, 5.74) is 1.57. The Morgan fingerprint density at radius 2 is 2.06 bits per heavy atom. The average molecular weight is 229 g/mol. The van der Waals surface area contributed by atoms with E-state index in [1.165, 1.54) is 0 Å². The van der Waals surface area contributed by atoms with Crippen molar-refractivity contribution in [1.29, 1.82) is 5.26 Å². The van der Waals surface area contributed by atoms with E-state index in [0.717, 1.165) is 18.5 Å². The maximum absolute atomic E-state index is 11.4. The summed E-state index contributed by atoms with van der Waals surface area (Å²) in [6.07, 6.45) is 2.72. The van der Waals surface area contributed by atoms with Crippen molar-refractivity contribution in [3.05, 3.63) is 29.8 Å². The fraction of sp³-hybridized carbons (Fsp3) is 0.385. The van der Waals surface area contributed by atoms with E-state index in [1.54, 1.807) is 12.1 Å². The Hall–Kier alpha value is -2.02. The number of amides is 1. The van der Waals surface area contributed by atoms with Gasteiger partial charge in [0.25, 0.3) is 0 Å². The molecular formula is C13H15N3O. The zero-order valence-electron chi connectivity index (χ0n) is 9.57. The van der Waals surface area contributed by atoms with Crippen LogP contribution < -0.4 is 10.6 Å². The second-order valence-electron chi connectivity index (χ2n) is 4.21. The van der Waals surface area contributed by atoms with Gasteiger partial charge in [-0.05, 0) is 37.1 Å². The smallest absolute Gasteiger partial charge is 0.221 e. The molecule has 0 radical (unpaired) electrons. The van der Waals surface area contributed by atoms with Gasteiger partial charge in [0.05, 0.1) is 11.6 Å². The molecule has 17 heavy (non-hydrogen) atoms. The van der Waals surface area contributed by atoms with Crippen LogP contribution in [0.1, 0.15) is 24.8 Å². The van der Waals surface area contributed by atoms with Crippen LogP contribution in [0.15, 0.2) is 24.3 Å². The van der Waals surface area contributed by atoms with Crippen molar-refractivity contribution < 1.29 is 4.79 Å². The van der Waals surface area contributed by atoms with E-state index in [4.69, 9.17) is 5.26 Å². The van der Waals surface area contributed by atoms with Crippen LogP contribution in [0, 0.1) is 11.3 Å². The van der Waals surface area contributed by atoms with Crippen LogP contribution in [0.4, 0.5) is 5.69 Å². The summed E-state index contributed by atoms with van der Waals surface area (Å²) >= 11 is 0. The van der Waals surface area contributed by atoms with E-state index in [9.17, 15) is 4.79 Å². The Balaban J connectivity index is 1.69. The molecule has 1 aliphatic rings. The van der Waals surface area contributed by atoms with Gasteiger partial charge >= 0.3 is 0 Å². The van der Waals surface area contributed by atoms with E-state index in [2.05, 4.69) is 16.7 Å². The summed E-state index contributed by atoms with van der Waals surface area (Å²) in [6, 6.07) is 9.70. The molecule has 1 amide bonds. The largest absolute Gasteiger partial charge is 0.385 e. The van der Waals surface area contributed by atoms with E-state index in [-0.39, 0.29) is 5.91 Å². The minimum atomic E-state index is 0.105. The lowest BCUT2D eigenvalue weighted by Gasteiger charge is -2.06. The van der Waals surface area contributed by atoms with Gasteiger partial charge in [0.1, 0.15) is 0 Å². The van der Waals surface area contributed by atoms with Gasteiger partial charge in [-0.1, -0.05) is 0 Å². The standard InChI is InChI=1S/C13H15N3O/c14-9-10-1-3-11(4-2-10)15-8-7-13(17)16-12-5-6-12/h1-4,12,15H,5-8H2,(H,16,17). The lowest BCUT2D eigenvalue weighted by atomic mass is 10.2. The summed E-state index contributed by atoms with van der Waals surface area (Å²) < 4.78 is 0. The lowest BCUT2D eigenvalue weighted by molar-refractivity contribution is -0.120. The van der Waals surface area contributed by atoms with Gasteiger partial charge in [0, 0.05) is 24.7 Å². The normalized spacial score (nSPS) is 13.8.